The van der Waals surface area contributed by atoms with Crippen LogP contribution in [0.25, 0.3) is 10.7 Å². The standard InChI is InChI=1S/C19H24N4OS2/c1-11(26-18-20-16(22-23-18)15-3-2-4-25-15)17(24)21-19-8-12-5-13(9-19)7-14(6-12)10-19/h2-4,11-14H,5-10H2,1H3,(H,21,24)(H,20,22,23)/t11-,12?,13?,14?,19?/m0/s1. The Morgan fingerprint density at radius 2 is 2.00 bits per heavy atom. The number of rotatable bonds is 5. The van der Waals surface area contributed by atoms with Crippen LogP contribution in [0.3, 0.4) is 0 Å². The predicted octanol–water partition coefficient (Wildman–Crippen LogP) is 4.10. The fourth-order valence-corrected chi connectivity index (χ4v) is 7.05. The average molecular weight is 389 g/mol. The van der Waals surface area contributed by atoms with E-state index in [4.69, 9.17) is 0 Å². The van der Waals surface area contributed by atoms with E-state index in [0.717, 1.165) is 28.5 Å². The molecule has 5 nitrogen and oxygen atoms in total. The van der Waals surface area contributed by atoms with Gasteiger partial charge in [-0.05, 0) is 74.6 Å². The molecule has 7 heteroatoms. The molecule has 2 aromatic rings. The van der Waals surface area contributed by atoms with E-state index in [-0.39, 0.29) is 16.7 Å². The lowest BCUT2D eigenvalue weighted by atomic mass is 9.53. The Balaban J connectivity index is 1.23. The molecule has 2 heterocycles. The van der Waals surface area contributed by atoms with Gasteiger partial charge < -0.3 is 5.32 Å². The summed E-state index contributed by atoms with van der Waals surface area (Å²) in [5, 5.41) is 13.2. The van der Waals surface area contributed by atoms with Crippen LogP contribution >= 0.6 is 23.1 Å². The number of hydrogen-bond acceptors (Lipinski definition) is 5. The van der Waals surface area contributed by atoms with Gasteiger partial charge >= 0.3 is 0 Å². The molecule has 4 fully saturated rings. The number of aromatic nitrogens is 3. The first-order valence-electron chi connectivity index (χ1n) is 9.53. The molecule has 0 saturated heterocycles. The van der Waals surface area contributed by atoms with Gasteiger partial charge in [0.25, 0.3) is 0 Å². The minimum atomic E-state index is -0.185. The number of hydrogen-bond donors (Lipinski definition) is 2. The highest BCUT2D eigenvalue weighted by molar-refractivity contribution is 8.00. The molecule has 26 heavy (non-hydrogen) atoms. The highest BCUT2D eigenvalue weighted by atomic mass is 32.2. The van der Waals surface area contributed by atoms with Crippen molar-refractivity contribution in [3.63, 3.8) is 0 Å². The third-order valence-electron chi connectivity index (χ3n) is 6.30. The molecule has 4 aliphatic rings. The fourth-order valence-electron chi connectivity index (χ4n) is 5.66. The summed E-state index contributed by atoms with van der Waals surface area (Å²) in [7, 11) is 0. The number of nitrogens with one attached hydrogen (secondary N) is 2. The van der Waals surface area contributed by atoms with Crippen molar-refractivity contribution in [2.45, 2.75) is 61.4 Å². The van der Waals surface area contributed by atoms with Crippen LogP contribution in [0, 0.1) is 17.8 Å². The van der Waals surface area contributed by atoms with E-state index in [9.17, 15) is 4.79 Å². The van der Waals surface area contributed by atoms with Gasteiger partial charge in [-0.25, -0.2) is 4.98 Å². The molecular formula is C19H24N4OS2. The van der Waals surface area contributed by atoms with Crippen LogP contribution in [-0.4, -0.2) is 31.9 Å². The van der Waals surface area contributed by atoms with E-state index >= 15 is 0 Å². The number of carbonyl (C=O) groups excluding carboxylic acids is 1. The van der Waals surface area contributed by atoms with Gasteiger partial charge in [0.15, 0.2) is 5.82 Å². The summed E-state index contributed by atoms with van der Waals surface area (Å²) in [6.45, 7) is 1.96. The Labute approximate surface area is 161 Å². The molecule has 4 saturated carbocycles. The molecule has 4 aliphatic carbocycles. The molecule has 138 valence electrons. The maximum Gasteiger partial charge on any atom is 0.233 e. The Morgan fingerprint density at radius 1 is 1.31 bits per heavy atom. The van der Waals surface area contributed by atoms with E-state index in [1.54, 1.807) is 11.3 Å². The van der Waals surface area contributed by atoms with Crippen LogP contribution in [0.2, 0.25) is 0 Å². The summed E-state index contributed by atoms with van der Waals surface area (Å²) < 4.78 is 0. The van der Waals surface area contributed by atoms with Crippen molar-refractivity contribution in [2.75, 3.05) is 0 Å². The molecule has 0 radical (unpaired) electrons. The number of aromatic amines is 1. The maximum absolute atomic E-state index is 12.9. The van der Waals surface area contributed by atoms with Crippen molar-refractivity contribution in [3.8, 4) is 10.7 Å². The molecular weight excluding hydrogens is 364 g/mol. The number of carbonyl (C=O) groups is 1. The van der Waals surface area contributed by atoms with Crippen LogP contribution in [0.5, 0.6) is 0 Å². The fraction of sp³-hybridized carbons (Fsp3) is 0.632. The first-order valence-corrected chi connectivity index (χ1v) is 11.3. The largest absolute Gasteiger partial charge is 0.350 e. The van der Waals surface area contributed by atoms with Gasteiger partial charge in [-0.2, -0.15) is 0 Å². The minimum absolute atomic E-state index is 0.0712. The quantitative estimate of drug-likeness (QED) is 0.757. The second kappa shape index (κ2) is 6.37. The Hall–Kier alpha value is -1.34. The molecule has 0 aliphatic heterocycles. The van der Waals surface area contributed by atoms with Gasteiger partial charge in [0.2, 0.25) is 11.1 Å². The summed E-state index contributed by atoms with van der Waals surface area (Å²) in [6, 6.07) is 4.01. The number of amides is 1. The normalized spacial score (nSPS) is 33.3. The van der Waals surface area contributed by atoms with Gasteiger partial charge in [-0.1, -0.05) is 17.8 Å². The molecule has 0 aromatic carbocycles. The summed E-state index contributed by atoms with van der Waals surface area (Å²) >= 11 is 3.07. The minimum Gasteiger partial charge on any atom is -0.350 e. The topological polar surface area (TPSA) is 70.7 Å². The summed E-state index contributed by atoms with van der Waals surface area (Å²) in [4.78, 5) is 18.5. The molecule has 0 unspecified atom stereocenters. The van der Waals surface area contributed by atoms with Crippen LogP contribution < -0.4 is 5.32 Å². The second-order valence-electron chi connectivity index (χ2n) is 8.39. The molecule has 1 atom stereocenters. The van der Waals surface area contributed by atoms with Crippen LogP contribution in [0.15, 0.2) is 22.7 Å². The highest BCUT2D eigenvalue weighted by Crippen LogP contribution is 2.55. The number of nitrogens with zero attached hydrogens (tertiary/aromatic N) is 2. The van der Waals surface area contributed by atoms with Crippen molar-refractivity contribution in [1.82, 2.24) is 20.5 Å². The van der Waals surface area contributed by atoms with Gasteiger partial charge in [-0.15, -0.1) is 16.4 Å². The molecule has 2 N–H and O–H groups in total. The molecule has 4 bridgehead atoms. The van der Waals surface area contributed by atoms with E-state index in [2.05, 4.69) is 20.5 Å². The maximum atomic E-state index is 12.9. The van der Waals surface area contributed by atoms with Crippen LogP contribution in [0.1, 0.15) is 45.4 Å². The lowest BCUT2D eigenvalue weighted by molar-refractivity contribution is -0.126. The van der Waals surface area contributed by atoms with E-state index in [1.165, 1.54) is 50.3 Å². The Bertz CT molecular complexity index is 765. The van der Waals surface area contributed by atoms with Gasteiger partial charge in [0, 0.05) is 5.54 Å². The monoisotopic (exact) mass is 388 g/mol. The van der Waals surface area contributed by atoms with Gasteiger partial charge in [-0.3, -0.25) is 9.89 Å². The second-order valence-corrected chi connectivity index (χ2v) is 10.6. The first-order chi connectivity index (χ1) is 12.6. The molecule has 2 aromatic heterocycles. The van der Waals surface area contributed by atoms with Crippen molar-refractivity contribution in [3.05, 3.63) is 17.5 Å². The third kappa shape index (κ3) is 3.09. The summed E-state index contributed by atoms with van der Waals surface area (Å²) in [5.41, 5.74) is 0.0712. The van der Waals surface area contributed by atoms with Crippen molar-refractivity contribution in [1.29, 1.82) is 0 Å². The van der Waals surface area contributed by atoms with Gasteiger partial charge in [0.05, 0.1) is 10.1 Å². The van der Waals surface area contributed by atoms with Crippen molar-refractivity contribution in [2.24, 2.45) is 17.8 Å². The van der Waals surface area contributed by atoms with E-state index in [0.29, 0.717) is 5.16 Å². The van der Waals surface area contributed by atoms with Crippen molar-refractivity contribution < 1.29 is 4.79 Å². The highest BCUT2D eigenvalue weighted by Gasteiger charge is 2.51. The average Bonchev–Trinajstić information content (AvgIpc) is 3.23. The van der Waals surface area contributed by atoms with Crippen molar-refractivity contribution >= 4 is 29.0 Å². The van der Waals surface area contributed by atoms with E-state index in [1.807, 2.05) is 24.4 Å². The zero-order valence-corrected chi connectivity index (χ0v) is 16.5. The van der Waals surface area contributed by atoms with Crippen LogP contribution in [0.4, 0.5) is 0 Å². The lowest BCUT2D eigenvalue weighted by Crippen LogP contribution is -2.60. The Morgan fingerprint density at radius 3 is 2.62 bits per heavy atom. The van der Waals surface area contributed by atoms with Gasteiger partial charge in [0.1, 0.15) is 0 Å². The summed E-state index contributed by atoms with van der Waals surface area (Å²) in [6.07, 6.45) is 7.73. The zero-order valence-electron chi connectivity index (χ0n) is 14.9. The van der Waals surface area contributed by atoms with E-state index < -0.39 is 0 Å². The molecule has 1 amide bonds. The Kier molecular flexibility index (Phi) is 4.12. The SMILES string of the molecule is C[C@H](Sc1n[nH]c(-c2cccs2)n1)C(=O)NC12CC3CC(CC(C3)C1)C2. The smallest absolute Gasteiger partial charge is 0.233 e. The molecule has 0 spiro atoms. The van der Waals surface area contributed by atoms with Crippen LogP contribution in [-0.2, 0) is 4.79 Å². The predicted molar refractivity (Wildman–Crippen MR) is 104 cm³/mol. The lowest BCUT2D eigenvalue weighted by Gasteiger charge is -2.57. The molecule has 6 rings (SSSR count). The number of thiophene rings is 1. The summed E-state index contributed by atoms with van der Waals surface area (Å²) in [5.74, 6) is 3.43. The number of H-pyrrole nitrogens is 1. The zero-order chi connectivity index (χ0) is 17.7. The third-order valence-corrected chi connectivity index (χ3v) is 8.14. The number of thioether (sulfide) groups is 1. The first kappa shape index (κ1) is 16.8.